The number of hydrogen-bond acceptors (Lipinski definition) is 4. The van der Waals surface area contributed by atoms with Gasteiger partial charge < -0.3 is 14.6 Å². The Hall–Kier alpha value is -0.870. The first kappa shape index (κ1) is 14.2. The minimum absolute atomic E-state index is 0.335. The number of carbonyl (C=O) groups excluding carboxylic acids is 1. The number of carbonyl (C=O) groups is 1. The average Bonchev–Trinajstić information content (AvgIpc) is 2.30. The van der Waals surface area contributed by atoms with Crippen LogP contribution in [0, 0.1) is 0 Å². The molecule has 1 aliphatic rings. The summed E-state index contributed by atoms with van der Waals surface area (Å²) in [6.45, 7) is 5.76. The van der Waals surface area contributed by atoms with E-state index in [0.29, 0.717) is 25.9 Å². The average molecular weight is 242 g/mol. The normalized spacial score (nSPS) is 28.7. The SMILES string of the molecule is C=CCCC[C@@]1(C(=O)OCC)CCCC(O)O1. The lowest BCUT2D eigenvalue weighted by molar-refractivity contribution is -0.230. The highest BCUT2D eigenvalue weighted by molar-refractivity contribution is 5.79. The fraction of sp³-hybridized carbons (Fsp3) is 0.769. The van der Waals surface area contributed by atoms with Crippen molar-refractivity contribution in [2.45, 2.75) is 57.3 Å². The van der Waals surface area contributed by atoms with Crippen molar-refractivity contribution in [3.8, 4) is 0 Å². The van der Waals surface area contributed by atoms with Crippen LogP contribution in [0.3, 0.4) is 0 Å². The standard InChI is InChI=1S/C13H22O4/c1-3-5-6-9-13(12(15)16-4-2)10-7-8-11(14)17-13/h3,11,14H,1,4-10H2,2H3/t11?,13-/m0/s1. The Morgan fingerprint density at radius 1 is 1.71 bits per heavy atom. The van der Waals surface area contributed by atoms with Crippen LogP contribution in [0.4, 0.5) is 0 Å². The van der Waals surface area contributed by atoms with Crippen LogP contribution in [0.5, 0.6) is 0 Å². The van der Waals surface area contributed by atoms with Crippen LogP contribution in [0.25, 0.3) is 0 Å². The van der Waals surface area contributed by atoms with Gasteiger partial charge in [-0.1, -0.05) is 6.08 Å². The number of unbranched alkanes of at least 4 members (excludes halogenated alkanes) is 1. The molecule has 0 radical (unpaired) electrons. The summed E-state index contributed by atoms with van der Waals surface area (Å²) in [6.07, 6.45) is 5.19. The van der Waals surface area contributed by atoms with Gasteiger partial charge in [-0.05, 0) is 45.4 Å². The maximum Gasteiger partial charge on any atom is 0.338 e. The summed E-state index contributed by atoms with van der Waals surface area (Å²) in [6, 6.07) is 0. The molecule has 1 rings (SSSR count). The van der Waals surface area contributed by atoms with Crippen LogP contribution in [0.15, 0.2) is 12.7 Å². The number of rotatable bonds is 6. The zero-order chi connectivity index (χ0) is 12.7. The van der Waals surface area contributed by atoms with E-state index in [9.17, 15) is 9.90 Å². The molecule has 0 aromatic rings. The van der Waals surface area contributed by atoms with Crippen LogP contribution in [-0.2, 0) is 14.3 Å². The van der Waals surface area contributed by atoms with Gasteiger partial charge in [0.15, 0.2) is 11.9 Å². The predicted molar refractivity (Wildman–Crippen MR) is 64.4 cm³/mol. The fourth-order valence-corrected chi connectivity index (χ4v) is 2.17. The number of allylic oxidation sites excluding steroid dienone is 1. The van der Waals surface area contributed by atoms with Crippen molar-refractivity contribution in [1.29, 1.82) is 0 Å². The van der Waals surface area contributed by atoms with Gasteiger partial charge in [0.05, 0.1) is 6.61 Å². The molecule has 98 valence electrons. The van der Waals surface area contributed by atoms with Crippen molar-refractivity contribution in [3.05, 3.63) is 12.7 Å². The van der Waals surface area contributed by atoms with Crippen molar-refractivity contribution >= 4 is 5.97 Å². The molecule has 4 nitrogen and oxygen atoms in total. The molecule has 0 aromatic heterocycles. The molecule has 0 bridgehead atoms. The van der Waals surface area contributed by atoms with Gasteiger partial charge in [-0.15, -0.1) is 6.58 Å². The first-order chi connectivity index (χ1) is 8.14. The Morgan fingerprint density at radius 3 is 3.06 bits per heavy atom. The number of hydrogen-bond donors (Lipinski definition) is 1. The lowest BCUT2D eigenvalue weighted by atomic mass is 9.88. The zero-order valence-electron chi connectivity index (χ0n) is 10.5. The topological polar surface area (TPSA) is 55.8 Å². The summed E-state index contributed by atoms with van der Waals surface area (Å²) in [5.74, 6) is -0.345. The molecule has 0 aromatic carbocycles. The van der Waals surface area contributed by atoms with E-state index in [1.54, 1.807) is 6.92 Å². The zero-order valence-corrected chi connectivity index (χ0v) is 10.5. The number of esters is 1. The second-order valence-corrected chi connectivity index (χ2v) is 4.36. The van der Waals surface area contributed by atoms with E-state index in [0.717, 1.165) is 19.3 Å². The van der Waals surface area contributed by atoms with Gasteiger partial charge in [-0.25, -0.2) is 4.79 Å². The van der Waals surface area contributed by atoms with E-state index < -0.39 is 11.9 Å². The highest BCUT2D eigenvalue weighted by atomic mass is 16.6. The van der Waals surface area contributed by atoms with Gasteiger partial charge in [-0.3, -0.25) is 0 Å². The largest absolute Gasteiger partial charge is 0.464 e. The fourth-order valence-electron chi connectivity index (χ4n) is 2.17. The molecule has 1 heterocycles. The number of ether oxygens (including phenoxy) is 2. The molecule has 0 spiro atoms. The van der Waals surface area contributed by atoms with Gasteiger partial charge in [0.2, 0.25) is 0 Å². The summed E-state index contributed by atoms with van der Waals surface area (Å²) in [5.41, 5.74) is -0.948. The highest BCUT2D eigenvalue weighted by Crippen LogP contribution is 2.33. The van der Waals surface area contributed by atoms with E-state index >= 15 is 0 Å². The van der Waals surface area contributed by atoms with Crippen molar-refractivity contribution < 1.29 is 19.4 Å². The number of aliphatic hydroxyl groups excluding tert-OH is 1. The van der Waals surface area contributed by atoms with E-state index in [2.05, 4.69) is 6.58 Å². The Bertz CT molecular complexity index is 264. The summed E-state index contributed by atoms with van der Waals surface area (Å²) in [4.78, 5) is 12.0. The van der Waals surface area contributed by atoms with Crippen molar-refractivity contribution in [2.24, 2.45) is 0 Å². The minimum Gasteiger partial charge on any atom is -0.464 e. The molecular weight excluding hydrogens is 220 g/mol. The molecule has 4 heteroatoms. The Balaban J connectivity index is 2.68. The second kappa shape index (κ2) is 6.77. The van der Waals surface area contributed by atoms with Crippen molar-refractivity contribution in [3.63, 3.8) is 0 Å². The first-order valence-electron chi connectivity index (χ1n) is 6.28. The molecule has 1 N–H and O–H groups in total. The maximum atomic E-state index is 12.0. The molecule has 2 atom stereocenters. The predicted octanol–water partition coefficient (Wildman–Crippen LogP) is 2.16. The second-order valence-electron chi connectivity index (χ2n) is 4.36. The smallest absolute Gasteiger partial charge is 0.338 e. The molecule has 0 aliphatic carbocycles. The van der Waals surface area contributed by atoms with E-state index in [1.807, 2.05) is 6.08 Å². The molecule has 17 heavy (non-hydrogen) atoms. The Labute approximate surface area is 103 Å². The lowest BCUT2D eigenvalue weighted by Crippen LogP contribution is -2.48. The monoisotopic (exact) mass is 242 g/mol. The van der Waals surface area contributed by atoms with Crippen molar-refractivity contribution in [2.75, 3.05) is 6.61 Å². The van der Waals surface area contributed by atoms with E-state index in [4.69, 9.17) is 9.47 Å². The van der Waals surface area contributed by atoms with Gasteiger partial charge >= 0.3 is 5.97 Å². The quantitative estimate of drug-likeness (QED) is 0.440. The van der Waals surface area contributed by atoms with E-state index in [1.165, 1.54) is 0 Å². The molecule has 1 unspecified atom stereocenters. The Morgan fingerprint density at radius 2 is 2.47 bits per heavy atom. The van der Waals surface area contributed by atoms with Crippen LogP contribution in [0.2, 0.25) is 0 Å². The van der Waals surface area contributed by atoms with Gasteiger partial charge in [0.1, 0.15) is 0 Å². The van der Waals surface area contributed by atoms with E-state index in [-0.39, 0.29) is 5.97 Å². The third-order valence-corrected chi connectivity index (χ3v) is 3.03. The highest BCUT2D eigenvalue weighted by Gasteiger charge is 2.44. The van der Waals surface area contributed by atoms with Crippen LogP contribution in [-0.4, -0.2) is 29.6 Å². The molecule has 1 aliphatic heterocycles. The third-order valence-electron chi connectivity index (χ3n) is 3.03. The molecular formula is C13H22O4. The summed E-state index contributed by atoms with van der Waals surface area (Å²) >= 11 is 0. The lowest BCUT2D eigenvalue weighted by Gasteiger charge is -2.37. The summed E-state index contributed by atoms with van der Waals surface area (Å²) in [5, 5.41) is 9.57. The summed E-state index contributed by atoms with van der Waals surface area (Å²) < 4.78 is 10.5. The number of aliphatic hydroxyl groups is 1. The molecule has 0 amide bonds. The minimum atomic E-state index is -0.948. The van der Waals surface area contributed by atoms with Crippen molar-refractivity contribution in [1.82, 2.24) is 0 Å². The van der Waals surface area contributed by atoms with Crippen LogP contribution >= 0.6 is 0 Å². The van der Waals surface area contributed by atoms with Gasteiger partial charge in [0, 0.05) is 0 Å². The summed E-state index contributed by atoms with van der Waals surface area (Å²) in [7, 11) is 0. The van der Waals surface area contributed by atoms with Crippen LogP contribution < -0.4 is 0 Å². The maximum absolute atomic E-state index is 12.0. The molecule has 1 saturated heterocycles. The van der Waals surface area contributed by atoms with Gasteiger partial charge in [0.25, 0.3) is 0 Å². The van der Waals surface area contributed by atoms with Crippen LogP contribution in [0.1, 0.15) is 45.4 Å². The van der Waals surface area contributed by atoms with Gasteiger partial charge in [-0.2, -0.15) is 0 Å². The first-order valence-corrected chi connectivity index (χ1v) is 6.28. The third kappa shape index (κ3) is 3.82. The molecule has 1 fully saturated rings. The molecule has 0 saturated carbocycles. The Kier molecular flexibility index (Phi) is 5.65.